The third kappa shape index (κ3) is 4.52. The molecule has 0 aliphatic rings. The number of nitrogens with zero attached hydrogens (tertiary/aromatic N) is 3. The number of hydrogen-bond donors (Lipinski definition) is 0. The summed E-state index contributed by atoms with van der Waals surface area (Å²) in [6.07, 6.45) is 0. The summed E-state index contributed by atoms with van der Waals surface area (Å²) >= 11 is 1.28. The van der Waals surface area contributed by atoms with Gasteiger partial charge in [0.15, 0.2) is 0 Å². The SMILES string of the molecule is Cc1ccc(-c2nnc(SC(C)C(=O)N(C)Cc3ccccc3)o2)cc1. The van der Waals surface area contributed by atoms with E-state index in [0.717, 1.165) is 11.1 Å². The summed E-state index contributed by atoms with van der Waals surface area (Å²) in [5.41, 5.74) is 3.14. The molecule has 0 aliphatic heterocycles. The molecule has 2 aromatic carbocycles. The number of benzene rings is 2. The molecule has 0 aliphatic carbocycles. The fraction of sp³-hybridized carbons (Fsp3) is 0.250. The zero-order valence-corrected chi connectivity index (χ0v) is 15.9. The van der Waals surface area contributed by atoms with Crippen molar-refractivity contribution in [2.24, 2.45) is 0 Å². The number of rotatable bonds is 6. The predicted octanol–water partition coefficient (Wildman–Crippen LogP) is 4.18. The van der Waals surface area contributed by atoms with Gasteiger partial charge in [0, 0.05) is 19.2 Å². The molecule has 26 heavy (non-hydrogen) atoms. The van der Waals surface area contributed by atoms with Crippen molar-refractivity contribution in [2.75, 3.05) is 7.05 Å². The lowest BCUT2D eigenvalue weighted by Gasteiger charge is -2.20. The molecule has 1 unspecified atom stereocenters. The first-order chi connectivity index (χ1) is 12.5. The summed E-state index contributed by atoms with van der Waals surface area (Å²) in [6, 6.07) is 17.8. The van der Waals surface area contributed by atoms with Crippen LogP contribution < -0.4 is 0 Å². The molecule has 0 bridgehead atoms. The lowest BCUT2D eigenvalue weighted by Crippen LogP contribution is -2.32. The Kier molecular flexibility index (Phi) is 5.73. The van der Waals surface area contributed by atoms with E-state index in [1.807, 2.05) is 68.4 Å². The largest absolute Gasteiger partial charge is 0.411 e. The molecule has 0 N–H and O–H groups in total. The van der Waals surface area contributed by atoms with Gasteiger partial charge in [-0.2, -0.15) is 0 Å². The Bertz CT molecular complexity index is 862. The minimum atomic E-state index is -0.310. The Morgan fingerprint density at radius 2 is 1.81 bits per heavy atom. The quantitative estimate of drug-likeness (QED) is 0.612. The van der Waals surface area contributed by atoms with Gasteiger partial charge in [-0.25, -0.2) is 0 Å². The van der Waals surface area contributed by atoms with E-state index in [-0.39, 0.29) is 11.2 Å². The van der Waals surface area contributed by atoms with Crippen molar-refractivity contribution in [3.05, 3.63) is 65.7 Å². The summed E-state index contributed by atoms with van der Waals surface area (Å²) in [7, 11) is 1.80. The van der Waals surface area contributed by atoms with Crippen LogP contribution in [0.1, 0.15) is 18.1 Å². The Labute approximate surface area is 157 Å². The van der Waals surface area contributed by atoms with E-state index < -0.39 is 0 Å². The molecular formula is C20H21N3O2S. The van der Waals surface area contributed by atoms with Gasteiger partial charge in [0.1, 0.15) is 0 Å². The van der Waals surface area contributed by atoms with Gasteiger partial charge in [0.05, 0.1) is 5.25 Å². The van der Waals surface area contributed by atoms with Crippen molar-refractivity contribution < 1.29 is 9.21 Å². The van der Waals surface area contributed by atoms with Crippen molar-refractivity contribution in [1.29, 1.82) is 0 Å². The number of carbonyl (C=O) groups is 1. The minimum Gasteiger partial charge on any atom is -0.411 e. The van der Waals surface area contributed by atoms with Crippen LogP contribution in [-0.2, 0) is 11.3 Å². The van der Waals surface area contributed by atoms with E-state index >= 15 is 0 Å². The molecule has 1 heterocycles. The van der Waals surface area contributed by atoms with Crippen LogP contribution in [0, 0.1) is 6.92 Å². The lowest BCUT2D eigenvalue weighted by atomic mass is 10.1. The van der Waals surface area contributed by atoms with E-state index in [1.165, 1.54) is 17.3 Å². The monoisotopic (exact) mass is 367 g/mol. The molecule has 6 heteroatoms. The van der Waals surface area contributed by atoms with Gasteiger partial charge in [0.25, 0.3) is 5.22 Å². The molecule has 0 saturated heterocycles. The van der Waals surface area contributed by atoms with Crippen molar-refractivity contribution in [3.8, 4) is 11.5 Å². The van der Waals surface area contributed by atoms with Gasteiger partial charge >= 0.3 is 0 Å². The van der Waals surface area contributed by atoms with Crippen LogP contribution in [0.3, 0.4) is 0 Å². The zero-order chi connectivity index (χ0) is 18.5. The Morgan fingerprint density at radius 1 is 1.12 bits per heavy atom. The van der Waals surface area contributed by atoms with E-state index in [2.05, 4.69) is 10.2 Å². The molecule has 1 atom stereocenters. The van der Waals surface area contributed by atoms with Crippen molar-refractivity contribution in [2.45, 2.75) is 30.9 Å². The first-order valence-corrected chi connectivity index (χ1v) is 9.27. The normalized spacial score (nSPS) is 12.0. The van der Waals surface area contributed by atoms with E-state index in [9.17, 15) is 4.79 Å². The van der Waals surface area contributed by atoms with E-state index in [4.69, 9.17) is 4.42 Å². The molecule has 3 rings (SSSR count). The second kappa shape index (κ2) is 8.19. The van der Waals surface area contributed by atoms with Gasteiger partial charge in [0.2, 0.25) is 11.8 Å². The highest BCUT2D eigenvalue weighted by atomic mass is 32.2. The van der Waals surface area contributed by atoms with Crippen LogP contribution in [0.5, 0.6) is 0 Å². The zero-order valence-electron chi connectivity index (χ0n) is 15.0. The smallest absolute Gasteiger partial charge is 0.277 e. The minimum absolute atomic E-state index is 0.0222. The fourth-order valence-corrected chi connectivity index (χ4v) is 3.32. The molecule has 3 aromatic rings. The summed E-state index contributed by atoms with van der Waals surface area (Å²) in [5, 5.41) is 8.22. The average molecular weight is 367 g/mol. The van der Waals surface area contributed by atoms with Gasteiger partial charge < -0.3 is 9.32 Å². The second-order valence-electron chi connectivity index (χ2n) is 6.18. The summed E-state index contributed by atoms with van der Waals surface area (Å²) < 4.78 is 5.70. The highest BCUT2D eigenvalue weighted by Gasteiger charge is 2.22. The van der Waals surface area contributed by atoms with Crippen molar-refractivity contribution in [1.82, 2.24) is 15.1 Å². The molecule has 0 spiro atoms. The highest BCUT2D eigenvalue weighted by Crippen LogP contribution is 2.27. The average Bonchev–Trinajstić information content (AvgIpc) is 3.11. The third-order valence-corrected chi connectivity index (χ3v) is 4.89. The Balaban J connectivity index is 1.61. The van der Waals surface area contributed by atoms with Crippen molar-refractivity contribution >= 4 is 17.7 Å². The Hall–Kier alpha value is -2.60. The molecule has 0 fully saturated rings. The summed E-state index contributed by atoms with van der Waals surface area (Å²) in [6.45, 7) is 4.45. The molecule has 5 nitrogen and oxygen atoms in total. The second-order valence-corrected chi connectivity index (χ2v) is 7.47. The first-order valence-electron chi connectivity index (χ1n) is 8.39. The number of aryl methyl sites for hydroxylation is 1. The number of carbonyl (C=O) groups excluding carboxylic acids is 1. The molecule has 1 amide bonds. The van der Waals surface area contributed by atoms with Crippen LogP contribution in [0.15, 0.2) is 64.2 Å². The third-order valence-electron chi connectivity index (χ3n) is 3.97. The number of hydrogen-bond acceptors (Lipinski definition) is 5. The van der Waals surface area contributed by atoms with Gasteiger partial charge in [-0.15, -0.1) is 10.2 Å². The van der Waals surface area contributed by atoms with Gasteiger partial charge in [-0.1, -0.05) is 59.8 Å². The standard InChI is InChI=1S/C20H21N3O2S/c1-14-9-11-17(12-10-14)18-21-22-20(25-18)26-15(2)19(24)23(3)13-16-7-5-4-6-8-16/h4-12,15H,13H2,1-3H3. The van der Waals surface area contributed by atoms with Crippen LogP contribution in [-0.4, -0.2) is 33.3 Å². The number of aromatic nitrogens is 2. The maximum atomic E-state index is 12.6. The fourth-order valence-electron chi connectivity index (χ4n) is 2.52. The van der Waals surface area contributed by atoms with Gasteiger partial charge in [-0.05, 0) is 31.5 Å². The predicted molar refractivity (Wildman–Crippen MR) is 103 cm³/mol. The topological polar surface area (TPSA) is 59.2 Å². The summed E-state index contributed by atoms with van der Waals surface area (Å²) in [5.74, 6) is 0.485. The van der Waals surface area contributed by atoms with Crippen LogP contribution in [0.2, 0.25) is 0 Å². The van der Waals surface area contributed by atoms with Crippen LogP contribution in [0.4, 0.5) is 0 Å². The highest BCUT2D eigenvalue weighted by molar-refractivity contribution is 8.00. The van der Waals surface area contributed by atoms with Crippen LogP contribution >= 0.6 is 11.8 Å². The number of amides is 1. The molecular weight excluding hydrogens is 346 g/mol. The maximum absolute atomic E-state index is 12.6. The first kappa shape index (κ1) is 18.2. The molecule has 0 radical (unpaired) electrons. The Morgan fingerprint density at radius 3 is 2.50 bits per heavy atom. The molecule has 0 saturated carbocycles. The lowest BCUT2D eigenvalue weighted by molar-refractivity contribution is -0.129. The summed E-state index contributed by atoms with van der Waals surface area (Å²) in [4.78, 5) is 14.3. The van der Waals surface area contributed by atoms with E-state index in [1.54, 1.807) is 11.9 Å². The maximum Gasteiger partial charge on any atom is 0.277 e. The van der Waals surface area contributed by atoms with Gasteiger partial charge in [-0.3, -0.25) is 4.79 Å². The van der Waals surface area contributed by atoms with Crippen molar-refractivity contribution in [3.63, 3.8) is 0 Å². The number of thioether (sulfide) groups is 1. The molecule has 134 valence electrons. The van der Waals surface area contributed by atoms with E-state index in [0.29, 0.717) is 17.7 Å². The van der Waals surface area contributed by atoms with Crippen LogP contribution in [0.25, 0.3) is 11.5 Å². The molecule has 1 aromatic heterocycles.